The molecule has 0 heterocycles. The minimum atomic E-state index is -2.00. The van der Waals surface area contributed by atoms with Crippen LogP contribution in [0.5, 0.6) is 0 Å². The van der Waals surface area contributed by atoms with Gasteiger partial charge in [-0.1, -0.05) is 60.7 Å². The molecule has 2 aromatic carbocycles. The Morgan fingerprint density at radius 1 is 0.833 bits per heavy atom. The van der Waals surface area contributed by atoms with Crippen LogP contribution in [0.2, 0.25) is 0 Å². The standard InChI is InChI=1S/C14H12O3.Ca.2H/c15-13(16)14(17,11-7-3-1-4-8-11)12-9-5-2-6-10-12;;;/h1-10,17H,(H,15,16);;;. The van der Waals surface area contributed by atoms with Crippen molar-refractivity contribution in [2.45, 2.75) is 5.60 Å². The molecule has 0 radical (unpaired) electrons. The number of rotatable bonds is 3. The molecule has 0 aromatic heterocycles. The van der Waals surface area contributed by atoms with Gasteiger partial charge in [0.1, 0.15) is 0 Å². The molecule has 0 atom stereocenters. The number of aliphatic carboxylic acids is 1. The number of benzene rings is 2. The van der Waals surface area contributed by atoms with E-state index in [1.54, 1.807) is 60.7 Å². The number of carbonyl (C=O) groups is 1. The minimum absolute atomic E-state index is 0. The number of hydrogen-bond donors (Lipinski definition) is 2. The Morgan fingerprint density at radius 3 is 1.44 bits per heavy atom. The van der Waals surface area contributed by atoms with E-state index in [2.05, 4.69) is 0 Å². The molecule has 0 saturated carbocycles. The molecule has 2 aromatic rings. The molecule has 0 fully saturated rings. The van der Waals surface area contributed by atoms with Crippen molar-refractivity contribution in [1.82, 2.24) is 0 Å². The van der Waals surface area contributed by atoms with E-state index in [-0.39, 0.29) is 37.7 Å². The molecule has 0 unspecified atom stereocenters. The second-order valence-corrected chi connectivity index (χ2v) is 3.75. The second-order valence-electron chi connectivity index (χ2n) is 3.75. The van der Waals surface area contributed by atoms with E-state index in [1.807, 2.05) is 0 Å². The van der Waals surface area contributed by atoms with Crippen LogP contribution in [0.25, 0.3) is 0 Å². The molecular formula is C14H14CaO3. The van der Waals surface area contributed by atoms with Gasteiger partial charge in [0.05, 0.1) is 0 Å². The van der Waals surface area contributed by atoms with E-state index in [0.717, 1.165) is 0 Å². The fourth-order valence-electron chi connectivity index (χ4n) is 1.77. The van der Waals surface area contributed by atoms with Gasteiger partial charge < -0.3 is 10.2 Å². The van der Waals surface area contributed by atoms with Crippen molar-refractivity contribution in [2.24, 2.45) is 0 Å². The van der Waals surface area contributed by atoms with Gasteiger partial charge in [-0.3, -0.25) is 0 Å². The normalized spacial score (nSPS) is 10.5. The van der Waals surface area contributed by atoms with Gasteiger partial charge in [-0.15, -0.1) is 0 Å². The summed E-state index contributed by atoms with van der Waals surface area (Å²) >= 11 is 0. The van der Waals surface area contributed by atoms with Crippen LogP contribution < -0.4 is 0 Å². The monoisotopic (exact) mass is 270 g/mol. The molecule has 0 aliphatic rings. The van der Waals surface area contributed by atoms with Crippen LogP contribution in [0.15, 0.2) is 60.7 Å². The van der Waals surface area contributed by atoms with Gasteiger partial charge in [0.25, 0.3) is 0 Å². The van der Waals surface area contributed by atoms with Crippen molar-refractivity contribution in [3.05, 3.63) is 71.8 Å². The first-order valence-corrected chi connectivity index (χ1v) is 5.22. The fourth-order valence-corrected chi connectivity index (χ4v) is 1.77. The Bertz CT molecular complexity index is 472. The van der Waals surface area contributed by atoms with Crippen LogP contribution in [-0.2, 0) is 10.4 Å². The Hall–Kier alpha value is -0.870. The van der Waals surface area contributed by atoms with Gasteiger partial charge >= 0.3 is 43.7 Å². The van der Waals surface area contributed by atoms with Crippen LogP contribution in [0.4, 0.5) is 0 Å². The number of hydrogen-bond acceptors (Lipinski definition) is 2. The molecule has 0 bridgehead atoms. The van der Waals surface area contributed by atoms with Crippen molar-refractivity contribution < 1.29 is 15.0 Å². The zero-order chi connectivity index (χ0) is 12.3. The molecule has 4 heteroatoms. The van der Waals surface area contributed by atoms with Crippen LogP contribution in [0, 0.1) is 0 Å². The Kier molecular flexibility index (Phi) is 5.35. The molecular weight excluding hydrogens is 256 g/mol. The summed E-state index contributed by atoms with van der Waals surface area (Å²) in [6, 6.07) is 16.7. The van der Waals surface area contributed by atoms with Crippen molar-refractivity contribution in [3.8, 4) is 0 Å². The number of aliphatic hydroxyl groups is 1. The summed E-state index contributed by atoms with van der Waals surface area (Å²) in [6.45, 7) is 0. The maximum absolute atomic E-state index is 11.4. The zero-order valence-corrected chi connectivity index (χ0v) is 9.08. The molecule has 0 aliphatic carbocycles. The summed E-state index contributed by atoms with van der Waals surface area (Å²) in [6.07, 6.45) is 0. The SMILES string of the molecule is O=C(O)C(O)(c1ccccc1)c1ccccc1.[CaH2]. The van der Waals surface area contributed by atoms with E-state index in [9.17, 15) is 15.0 Å². The summed E-state index contributed by atoms with van der Waals surface area (Å²) in [5, 5.41) is 19.7. The van der Waals surface area contributed by atoms with Gasteiger partial charge in [0, 0.05) is 0 Å². The third-order valence-electron chi connectivity index (χ3n) is 2.69. The van der Waals surface area contributed by atoms with E-state index in [4.69, 9.17) is 0 Å². The molecule has 2 rings (SSSR count). The molecule has 0 aliphatic heterocycles. The van der Waals surface area contributed by atoms with E-state index < -0.39 is 11.6 Å². The molecule has 2 N–H and O–H groups in total. The number of carboxylic acids is 1. The summed E-state index contributed by atoms with van der Waals surface area (Å²) in [7, 11) is 0. The maximum atomic E-state index is 11.4. The molecule has 90 valence electrons. The van der Waals surface area contributed by atoms with Gasteiger partial charge in [0.2, 0.25) is 5.60 Å². The topological polar surface area (TPSA) is 57.5 Å². The van der Waals surface area contributed by atoms with Crippen LogP contribution >= 0.6 is 0 Å². The van der Waals surface area contributed by atoms with Gasteiger partial charge in [0.15, 0.2) is 0 Å². The van der Waals surface area contributed by atoms with Crippen molar-refractivity contribution in [3.63, 3.8) is 0 Å². The van der Waals surface area contributed by atoms with Crippen molar-refractivity contribution in [2.75, 3.05) is 0 Å². The Labute approximate surface area is 135 Å². The molecule has 18 heavy (non-hydrogen) atoms. The first kappa shape index (κ1) is 15.2. The second kappa shape index (κ2) is 6.34. The summed E-state index contributed by atoms with van der Waals surface area (Å²) in [5.74, 6) is -1.28. The van der Waals surface area contributed by atoms with Crippen molar-refractivity contribution in [1.29, 1.82) is 0 Å². The average Bonchev–Trinajstić information content (AvgIpc) is 2.39. The summed E-state index contributed by atoms with van der Waals surface area (Å²) in [5.41, 5.74) is -1.31. The molecule has 0 saturated heterocycles. The molecule has 0 spiro atoms. The number of carboxylic acid groups (broad SMARTS) is 1. The van der Waals surface area contributed by atoms with Crippen molar-refractivity contribution >= 4 is 43.7 Å². The predicted molar refractivity (Wildman–Crippen MR) is 72.1 cm³/mol. The van der Waals surface area contributed by atoms with Gasteiger partial charge in [-0.05, 0) is 11.1 Å². The predicted octanol–water partition coefficient (Wildman–Crippen LogP) is 1.09. The summed E-state index contributed by atoms with van der Waals surface area (Å²) < 4.78 is 0. The average molecular weight is 270 g/mol. The van der Waals surface area contributed by atoms with Crippen LogP contribution in [0.3, 0.4) is 0 Å². The quantitative estimate of drug-likeness (QED) is 0.821. The third kappa shape index (κ3) is 2.75. The zero-order valence-electron chi connectivity index (χ0n) is 9.08. The Balaban J connectivity index is 0.00000162. The fraction of sp³-hybridized carbons (Fsp3) is 0.0714. The van der Waals surface area contributed by atoms with Crippen LogP contribution in [-0.4, -0.2) is 53.9 Å². The van der Waals surface area contributed by atoms with Gasteiger partial charge in [-0.2, -0.15) is 0 Å². The van der Waals surface area contributed by atoms with E-state index in [1.165, 1.54) is 0 Å². The third-order valence-corrected chi connectivity index (χ3v) is 2.69. The molecule has 0 amide bonds. The molecule has 3 nitrogen and oxygen atoms in total. The van der Waals surface area contributed by atoms with Crippen LogP contribution in [0.1, 0.15) is 11.1 Å². The first-order chi connectivity index (χ1) is 8.15. The van der Waals surface area contributed by atoms with E-state index in [0.29, 0.717) is 11.1 Å². The van der Waals surface area contributed by atoms with E-state index >= 15 is 0 Å². The Morgan fingerprint density at radius 2 is 1.17 bits per heavy atom. The summed E-state index contributed by atoms with van der Waals surface area (Å²) in [4.78, 5) is 11.4. The first-order valence-electron chi connectivity index (χ1n) is 5.22. The van der Waals surface area contributed by atoms with Gasteiger partial charge in [-0.25, -0.2) is 4.79 Å².